The molecule has 5 heteroatoms. The Labute approximate surface area is 131 Å². The van der Waals surface area contributed by atoms with Gasteiger partial charge in [0.15, 0.2) is 5.82 Å². The van der Waals surface area contributed by atoms with E-state index in [2.05, 4.69) is 54.4 Å². The second-order valence-electron chi connectivity index (χ2n) is 5.81. The molecular weight excluding hydrogens is 282 g/mol. The SMILES string of the molecule is CCCNc1nc(COC(C)CC(C)C)nc2sccc12. The van der Waals surface area contributed by atoms with Gasteiger partial charge in [-0.15, -0.1) is 11.3 Å². The van der Waals surface area contributed by atoms with Crippen LogP contribution in [0.15, 0.2) is 11.4 Å². The molecule has 0 radical (unpaired) electrons. The molecule has 0 bridgehead atoms. The van der Waals surface area contributed by atoms with Crippen molar-refractivity contribution >= 4 is 27.4 Å². The van der Waals surface area contributed by atoms with Gasteiger partial charge >= 0.3 is 0 Å². The number of fused-ring (bicyclic) bond motifs is 1. The molecule has 2 aromatic heterocycles. The Morgan fingerprint density at radius 2 is 2.10 bits per heavy atom. The third kappa shape index (κ3) is 4.64. The molecule has 21 heavy (non-hydrogen) atoms. The molecule has 1 unspecified atom stereocenters. The molecule has 0 amide bonds. The van der Waals surface area contributed by atoms with Crippen molar-refractivity contribution in [3.63, 3.8) is 0 Å². The van der Waals surface area contributed by atoms with Crippen LogP contribution in [0.5, 0.6) is 0 Å². The maximum absolute atomic E-state index is 5.88. The molecule has 2 heterocycles. The van der Waals surface area contributed by atoms with Crippen LogP contribution >= 0.6 is 11.3 Å². The molecule has 0 spiro atoms. The number of nitrogens with one attached hydrogen (secondary N) is 1. The zero-order chi connectivity index (χ0) is 15.2. The first kappa shape index (κ1) is 16.2. The van der Waals surface area contributed by atoms with Gasteiger partial charge in [-0.3, -0.25) is 0 Å². The number of hydrogen-bond donors (Lipinski definition) is 1. The Hall–Kier alpha value is -1.20. The Morgan fingerprint density at radius 3 is 2.81 bits per heavy atom. The van der Waals surface area contributed by atoms with Gasteiger partial charge in [-0.25, -0.2) is 9.97 Å². The highest BCUT2D eigenvalue weighted by Crippen LogP contribution is 2.25. The summed E-state index contributed by atoms with van der Waals surface area (Å²) in [6.07, 6.45) is 2.37. The highest BCUT2D eigenvalue weighted by atomic mass is 32.1. The van der Waals surface area contributed by atoms with Gasteiger partial charge in [-0.05, 0) is 37.1 Å². The molecule has 1 N–H and O–H groups in total. The summed E-state index contributed by atoms with van der Waals surface area (Å²) in [5.74, 6) is 2.33. The van der Waals surface area contributed by atoms with E-state index >= 15 is 0 Å². The van der Waals surface area contributed by atoms with Gasteiger partial charge in [-0.2, -0.15) is 0 Å². The van der Waals surface area contributed by atoms with Crippen LogP contribution < -0.4 is 5.32 Å². The average molecular weight is 307 g/mol. The van der Waals surface area contributed by atoms with Crippen molar-refractivity contribution in [3.8, 4) is 0 Å². The van der Waals surface area contributed by atoms with E-state index in [1.165, 1.54) is 0 Å². The highest BCUT2D eigenvalue weighted by Gasteiger charge is 2.11. The molecule has 0 saturated carbocycles. The van der Waals surface area contributed by atoms with Crippen molar-refractivity contribution in [3.05, 3.63) is 17.3 Å². The first-order chi connectivity index (χ1) is 10.1. The molecule has 0 aliphatic heterocycles. The summed E-state index contributed by atoms with van der Waals surface area (Å²) in [7, 11) is 0. The lowest BCUT2D eigenvalue weighted by Gasteiger charge is -2.15. The highest BCUT2D eigenvalue weighted by molar-refractivity contribution is 7.16. The van der Waals surface area contributed by atoms with E-state index in [1.807, 2.05) is 0 Å². The third-order valence-electron chi connectivity index (χ3n) is 3.21. The second kappa shape index (κ2) is 7.71. The molecule has 2 rings (SSSR count). The largest absolute Gasteiger partial charge is 0.371 e. The van der Waals surface area contributed by atoms with Gasteiger partial charge in [0, 0.05) is 6.54 Å². The fourth-order valence-electron chi connectivity index (χ4n) is 2.29. The lowest BCUT2D eigenvalue weighted by Crippen LogP contribution is -2.13. The van der Waals surface area contributed by atoms with E-state index < -0.39 is 0 Å². The molecule has 1 atom stereocenters. The number of ether oxygens (including phenoxy) is 1. The maximum atomic E-state index is 5.88. The normalized spacial score (nSPS) is 13.0. The van der Waals surface area contributed by atoms with Crippen molar-refractivity contribution in [1.82, 2.24) is 9.97 Å². The quantitative estimate of drug-likeness (QED) is 0.782. The fourth-order valence-corrected chi connectivity index (χ4v) is 3.07. The van der Waals surface area contributed by atoms with Crippen LogP contribution in [-0.2, 0) is 11.3 Å². The summed E-state index contributed by atoms with van der Waals surface area (Å²) >= 11 is 1.65. The third-order valence-corrected chi connectivity index (χ3v) is 4.02. The molecule has 0 aliphatic carbocycles. The van der Waals surface area contributed by atoms with Gasteiger partial charge in [-0.1, -0.05) is 20.8 Å². The standard InChI is InChI=1S/C16H25N3OS/c1-5-7-17-15-13-6-8-21-16(13)19-14(18-15)10-20-12(4)9-11(2)3/h6,8,11-12H,5,7,9-10H2,1-4H3,(H,17,18,19). The Bertz CT molecular complexity index is 568. The van der Waals surface area contributed by atoms with Crippen LogP contribution in [0.3, 0.4) is 0 Å². The van der Waals surface area contributed by atoms with Crippen LogP contribution in [0.4, 0.5) is 5.82 Å². The lowest BCUT2D eigenvalue weighted by molar-refractivity contribution is 0.0361. The molecule has 0 aliphatic rings. The van der Waals surface area contributed by atoms with Crippen molar-refractivity contribution in [1.29, 1.82) is 0 Å². The van der Waals surface area contributed by atoms with Gasteiger partial charge in [0.25, 0.3) is 0 Å². The Kier molecular flexibility index (Phi) is 5.94. The topological polar surface area (TPSA) is 47.0 Å². The lowest BCUT2D eigenvalue weighted by atomic mass is 10.1. The fraction of sp³-hybridized carbons (Fsp3) is 0.625. The summed E-state index contributed by atoms with van der Waals surface area (Å²) in [5, 5.41) is 6.55. The minimum Gasteiger partial charge on any atom is -0.371 e. The van der Waals surface area contributed by atoms with Crippen LogP contribution in [-0.4, -0.2) is 22.6 Å². The van der Waals surface area contributed by atoms with E-state index in [-0.39, 0.29) is 6.10 Å². The summed E-state index contributed by atoms with van der Waals surface area (Å²) in [6, 6.07) is 2.07. The van der Waals surface area contributed by atoms with Gasteiger partial charge in [0.05, 0.1) is 11.5 Å². The van der Waals surface area contributed by atoms with Crippen LogP contribution in [0.25, 0.3) is 10.2 Å². The monoisotopic (exact) mass is 307 g/mol. The zero-order valence-corrected chi connectivity index (χ0v) is 14.2. The number of rotatable bonds is 8. The summed E-state index contributed by atoms with van der Waals surface area (Å²) in [5.41, 5.74) is 0. The van der Waals surface area contributed by atoms with E-state index in [0.29, 0.717) is 12.5 Å². The first-order valence-corrected chi connectivity index (χ1v) is 8.57. The van der Waals surface area contributed by atoms with E-state index in [0.717, 1.165) is 41.2 Å². The van der Waals surface area contributed by atoms with Crippen LogP contribution in [0.2, 0.25) is 0 Å². The zero-order valence-electron chi connectivity index (χ0n) is 13.3. The van der Waals surface area contributed by atoms with E-state index in [1.54, 1.807) is 11.3 Å². The van der Waals surface area contributed by atoms with Crippen molar-refractivity contribution < 1.29 is 4.74 Å². The molecule has 116 valence electrons. The smallest absolute Gasteiger partial charge is 0.158 e. The number of hydrogen-bond acceptors (Lipinski definition) is 5. The van der Waals surface area contributed by atoms with E-state index in [4.69, 9.17) is 4.74 Å². The molecule has 4 nitrogen and oxygen atoms in total. The average Bonchev–Trinajstić information content (AvgIpc) is 2.90. The summed E-state index contributed by atoms with van der Waals surface area (Å²) < 4.78 is 5.88. The Morgan fingerprint density at radius 1 is 1.29 bits per heavy atom. The van der Waals surface area contributed by atoms with Crippen molar-refractivity contribution in [2.45, 2.75) is 53.2 Å². The van der Waals surface area contributed by atoms with E-state index in [9.17, 15) is 0 Å². The minimum atomic E-state index is 0.236. The second-order valence-corrected chi connectivity index (χ2v) is 6.70. The van der Waals surface area contributed by atoms with Gasteiger partial charge in [0.1, 0.15) is 17.3 Å². The van der Waals surface area contributed by atoms with Crippen LogP contribution in [0, 0.1) is 5.92 Å². The van der Waals surface area contributed by atoms with Crippen molar-refractivity contribution in [2.75, 3.05) is 11.9 Å². The molecule has 0 saturated heterocycles. The Balaban J connectivity index is 2.08. The van der Waals surface area contributed by atoms with Crippen molar-refractivity contribution in [2.24, 2.45) is 5.92 Å². The number of aromatic nitrogens is 2. The predicted molar refractivity (Wildman–Crippen MR) is 89.9 cm³/mol. The van der Waals surface area contributed by atoms with Gasteiger partial charge in [0.2, 0.25) is 0 Å². The summed E-state index contributed by atoms with van der Waals surface area (Å²) in [4.78, 5) is 10.2. The first-order valence-electron chi connectivity index (χ1n) is 7.69. The molecule has 0 aromatic carbocycles. The van der Waals surface area contributed by atoms with Crippen LogP contribution in [0.1, 0.15) is 46.4 Å². The molecule has 2 aromatic rings. The van der Waals surface area contributed by atoms with Gasteiger partial charge < -0.3 is 10.1 Å². The minimum absolute atomic E-state index is 0.236. The molecular formula is C16H25N3OS. The maximum Gasteiger partial charge on any atom is 0.158 e. The number of anilines is 1. The molecule has 0 fully saturated rings. The predicted octanol–water partition coefficient (Wildman–Crippen LogP) is 4.46. The summed E-state index contributed by atoms with van der Waals surface area (Å²) in [6.45, 7) is 10.1. The number of nitrogens with zero attached hydrogens (tertiary/aromatic N) is 2. The number of thiophene rings is 1.